The van der Waals surface area contributed by atoms with E-state index in [4.69, 9.17) is 4.74 Å². The minimum absolute atomic E-state index is 0.484. The third-order valence-electron chi connectivity index (χ3n) is 4.23. The molecule has 2 aliphatic heterocycles. The summed E-state index contributed by atoms with van der Waals surface area (Å²) in [5, 5.41) is 3.59. The highest BCUT2D eigenvalue weighted by molar-refractivity contribution is 5.23. The summed E-state index contributed by atoms with van der Waals surface area (Å²) >= 11 is 0. The summed E-state index contributed by atoms with van der Waals surface area (Å²) in [6.07, 6.45) is 6.89. The van der Waals surface area contributed by atoms with Crippen LogP contribution in [-0.4, -0.2) is 24.3 Å². The smallest absolute Gasteiger partial charge is 0.0472 e. The fourth-order valence-corrected chi connectivity index (χ4v) is 3.03. The molecule has 88 valence electrons. The molecule has 3 nitrogen and oxygen atoms in total. The molecule has 2 saturated heterocycles. The summed E-state index contributed by atoms with van der Waals surface area (Å²) in [6, 6.07) is 2.82. The van der Waals surface area contributed by atoms with Gasteiger partial charge in [0.15, 0.2) is 0 Å². The van der Waals surface area contributed by atoms with Crippen molar-refractivity contribution < 1.29 is 4.74 Å². The van der Waals surface area contributed by atoms with Crippen LogP contribution in [0.25, 0.3) is 0 Å². The third kappa shape index (κ3) is 1.50. The highest BCUT2D eigenvalue weighted by Gasteiger charge is 2.48. The topological polar surface area (TPSA) is 26.2 Å². The van der Waals surface area contributed by atoms with Gasteiger partial charge in [-0.1, -0.05) is 0 Å². The first-order valence-corrected chi connectivity index (χ1v) is 6.31. The molecule has 3 rings (SSSR count). The Labute approximate surface area is 96.8 Å². The van der Waals surface area contributed by atoms with Gasteiger partial charge in [-0.25, -0.2) is 0 Å². The average Bonchev–Trinajstić information content (AvgIpc) is 2.77. The van der Waals surface area contributed by atoms with Gasteiger partial charge in [-0.2, -0.15) is 0 Å². The monoisotopic (exact) mass is 220 g/mol. The van der Waals surface area contributed by atoms with Gasteiger partial charge in [0.05, 0.1) is 0 Å². The number of nitrogens with zero attached hydrogens (tertiary/aromatic N) is 1. The van der Waals surface area contributed by atoms with Gasteiger partial charge in [0.1, 0.15) is 0 Å². The van der Waals surface area contributed by atoms with Crippen LogP contribution >= 0.6 is 0 Å². The first-order chi connectivity index (χ1) is 7.84. The molecular weight excluding hydrogens is 200 g/mol. The van der Waals surface area contributed by atoms with Gasteiger partial charge in [0, 0.05) is 50.2 Å². The highest BCUT2D eigenvalue weighted by Crippen LogP contribution is 2.48. The van der Waals surface area contributed by atoms with E-state index in [-0.39, 0.29) is 0 Å². The Hall–Kier alpha value is -0.800. The molecule has 3 heteroatoms. The summed E-state index contributed by atoms with van der Waals surface area (Å²) in [7, 11) is 0. The molecule has 2 fully saturated rings. The molecule has 0 saturated carbocycles. The molecule has 0 radical (unpaired) electrons. The van der Waals surface area contributed by atoms with E-state index in [1.165, 1.54) is 24.9 Å². The lowest BCUT2D eigenvalue weighted by atomic mass is 9.66. The maximum atomic E-state index is 5.48. The molecule has 0 amide bonds. The molecule has 1 atom stereocenters. The molecule has 1 spiro atoms. The lowest BCUT2D eigenvalue weighted by molar-refractivity contribution is -0.0479. The molecule has 1 unspecified atom stereocenters. The van der Waals surface area contributed by atoms with Crippen molar-refractivity contribution in [3.05, 3.63) is 24.0 Å². The molecule has 1 aromatic rings. The van der Waals surface area contributed by atoms with Crippen molar-refractivity contribution in [3.8, 4) is 0 Å². The fraction of sp³-hybridized carbons (Fsp3) is 0.692. The second-order valence-corrected chi connectivity index (χ2v) is 5.06. The van der Waals surface area contributed by atoms with Crippen LogP contribution in [0.15, 0.2) is 18.5 Å². The van der Waals surface area contributed by atoms with Crippen LogP contribution in [0, 0.1) is 5.41 Å². The zero-order chi connectivity index (χ0) is 11.0. The van der Waals surface area contributed by atoms with Crippen LogP contribution in [-0.2, 0) is 11.3 Å². The molecule has 3 heterocycles. The Balaban J connectivity index is 1.79. The Kier molecular flexibility index (Phi) is 2.52. The van der Waals surface area contributed by atoms with Gasteiger partial charge in [-0.05, 0) is 31.4 Å². The van der Waals surface area contributed by atoms with E-state index in [2.05, 4.69) is 35.3 Å². The van der Waals surface area contributed by atoms with Crippen LogP contribution in [0.2, 0.25) is 0 Å². The van der Waals surface area contributed by atoms with E-state index < -0.39 is 0 Å². The molecular formula is C13H20N2O. The van der Waals surface area contributed by atoms with Gasteiger partial charge in [0.25, 0.3) is 0 Å². The zero-order valence-corrected chi connectivity index (χ0v) is 9.91. The van der Waals surface area contributed by atoms with Gasteiger partial charge < -0.3 is 14.6 Å². The predicted octanol–water partition coefficient (Wildman–Crippen LogP) is 1.95. The van der Waals surface area contributed by atoms with Crippen LogP contribution in [0.5, 0.6) is 0 Å². The fourth-order valence-electron chi connectivity index (χ4n) is 3.03. The van der Waals surface area contributed by atoms with E-state index in [0.717, 1.165) is 19.8 Å². The maximum Gasteiger partial charge on any atom is 0.0472 e. The van der Waals surface area contributed by atoms with Crippen molar-refractivity contribution in [2.24, 2.45) is 5.41 Å². The lowest BCUT2D eigenvalue weighted by Crippen LogP contribution is -2.58. The van der Waals surface area contributed by atoms with E-state index in [0.29, 0.717) is 11.5 Å². The molecule has 1 aromatic heterocycles. The second-order valence-electron chi connectivity index (χ2n) is 5.06. The Morgan fingerprint density at radius 2 is 2.31 bits per heavy atom. The van der Waals surface area contributed by atoms with Gasteiger partial charge in [-0.3, -0.25) is 0 Å². The summed E-state index contributed by atoms with van der Waals surface area (Å²) in [4.78, 5) is 0. The van der Waals surface area contributed by atoms with Crippen molar-refractivity contribution in [1.29, 1.82) is 0 Å². The normalized spacial score (nSPS) is 27.9. The summed E-state index contributed by atoms with van der Waals surface area (Å²) in [5.74, 6) is 0. The number of hydrogen-bond acceptors (Lipinski definition) is 2. The second kappa shape index (κ2) is 3.90. The standard InChI is InChI=1S/C13H20N2O/c1-2-15-6-3-11(9-15)12-13(10-14-12)4-7-16-8-5-13/h3,6,9,12,14H,2,4-5,7-8,10H2,1H3. The van der Waals surface area contributed by atoms with Crippen LogP contribution in [0.3, 0.4) is 0 Å². The molecule has 0 aromatic carbocycles. The van der Waals surface area contributed by atoms with E-state index >= 15 is 0 Å². The summed E-state index contributed by atoms with van der Waals surface area (Å²) in [5.41, 5.74) is 1.94. The largest absolute Gasteiger partial charge is 0.381 e. The first-order valence-electron chi connectivity index (χ1n) is 6.31. The number of hydrogen-bond donors (Lipinski definition) is 1. The Bertz CT molecular complexity index is 366. The number of aromatic nitrogens is 1. The zero-order valence-electron chi connectivity index (χ0n) is 9.91. The van der Waals surface area contributed by atoms with Crippen LogP contribution in [0.1, 0.15) is 31.4 Å². The minimum atomic E-state index is 0.484. The van der Waals surface area contributed by atoms with Crippen molar-refractivity contribution in [1.82, 2.24) is 9.88 Å². The van der Waals surface area contributed by atoms with Crippen LogP contribution in [0.4, 0.5) is 0 Å². The van der Waals surface area contributed by atoms with Gasteiger partial charge >= 0.3 is 0 Å². The number of nitrogens with one attached hydrogen (secondary N) is 1. The molecule has 0 bridgehead atoms. The maximum absolute atomic E-state index is 5.48. The number of rotatable bonds is 2. The third-order valence-corrected chi connectivity index (χ3v) is 4.23. The minimum Gasteiger partial charge on any atom is -0.381 e. The van der Waals surface area contributed by atoms with Crippen molar-refractivity contribution in [3.63, 3.8) is 0 Å². The van der Waals surface area contributed by atoms with E-state index in [1.54, 1.807) is 0 Å². The molecule has 16 heavy (non-hydrogen) atoms. The number of aryl methyl sites for hydroxylation is 1. The quantitative estimate of drug-likeness (QED) is 0.824. The van der Waals surface area contributed by atoms with Gasteiger partial charge in [0.2, 0.25) is 0 Å². The Morgan fingerprint density at radius 1 is 1.50 bits per heavy atom. The van der Waals surface area contributed by atoms with E-state index in [1.807, 2.05) is 0 Å². The average molecular weight is 220 g/mol. The summed E-state index contributed by atoms with van der Waals surface area (Å²) < 4.78 is 7.73. The molecule has 0 aliphatic carbocycles. The first kappa shape index (κ1) is 10.4. The lowest BCUT2D eigenvalue weighted by Gasteiger charge is -2.52. The van der Waals surface area contributed by atoms with Crippen molar-refractivity contribution in [2.75, 3.05) is 19.8 Å². The van der Waals surface area contributed by atoms with Crippen molar-refractivity contribution >= 4 is 0 Å². The SMILES string of the molecule is CCn1ccc(C2NCC23CCOCC3)c1. The van der Waals surface area contributed by atoms with Crippen molar-refractivity contribution in [2.45, 2.75) is 32.4 Å². The summed E-state index contributed by atoms with van der Waals surface area (Å²) in [6.45, 7) is 6.28. The Morgan fingerprint density at radius 3 is 2.88 bits per heavy atom. The predicted molar refractivity (Wildman–Crippen MR) is 63.3 cm³/mol. The number of ether oxygens (including phenoxy) is 1. The van der Waals surface area contributed by atoms with Gasteiger partial charge in [-0.15, -0.1) is 0 Å². The van der Waals surface area contributed by atoms with Crippen LogP contribution < -0.4 is 5.32 Å². The highest BCUT2D eigenvalue weighted by atomic mass is 16.5. The van der Waals surface area contributed by atoms with E-state index in [9.17, 15) is 0 Å². The molecule has 2 aliphatic rings. The molecule has 1 N–H and O–H groups in total.